The summed E-state index contributed by atoms with van der Waals surface area (Å²) in [5.74, 6) is -1.08. The lowest BCUT2D eigenvalue weighted by atomic mass is 9.92. The quantitative estimate of drug-likeness (QED) is 0.878. The van der Waals surface area contributed by atoms with E-state index in [1.165, 1.54) is 6.07 Å². The lowest BCUT2D eigenvalue weighted by Gasteiger charge is -2.18. The number of hydrogen-bond acceptors (Lipinski definition) is 2. The predicted octanol–water partition coefficient (Wildman–Crippen LogP) is 3.38. The maximum atomic E-state index is 11.8. The number of amides is 1. The molecule has 0 radical (unpaired) electrons. The number of carbonyl (C=O) groups excluding carboxylic acids is 1. The van der Waals surface area contributed by atoms with Gasteiger partial charge in [0.05, 0.1) is 5.56 Å². The number of carboxylic acid groups (broad SMARTS) is 1. The second-order valence-electron chi connectivity index (χ2n) is 6.06. The van der Waals surface area contributed by atoms with E-state index in [0.717, 1.165) is 11.1 Å². The highest BCUT2D eigenvalue weighted by Crippen LogP contribution is 2.22. The SMILES string of the molecule is Cc1cc(NC(=O)CC(C)(C)C)cc(C(=O)O)c1C. The molecule has 0 spiro atoms. The van der Waals surface area contributed by atoms with Crippen molar-refractivity contribution < 1.29 is 14.7 Å². The number of nitrogens with one attached hydrogen (secondary N) is 1. The molecule has 104 valence electrons. The van der Waals surface area contributed by atoms with Crippen molar-refractivity contribution in [1.29, 1.82) is 0 Å². The zero-order valence-corrected chi connectivity index (χ0v) is 12.1. The zero-order chi connectivity index (χ0) is 14.8. The van der Waals surface area contributed by atoms with Gasteiger partial charge in [-0.3, -0.25) is 4.79 Å². The Kier molecular flexibility index (Phi) is 4.35. The molecular weight excluding hydrogens is 242 g/mol. The molecule has 0 aliphatic heterocycles. The summed E-state index contributed by atoms with van der Waals surface area (Å²) in [5.41, 5.74) is 2.24. The minimum Gasteiger partial charge on any atom is -0.478 e. The zero-order valence-electron chi connectivity index (χ0n) is 12.1. The first-order chi connectivity index (χ1) is 8.60. The third kappa shape index (κ3) is 4.39. The summed E-state index contributed by atoms with van der Waals surface area (Å²) in [6, 6.07) is 3.30. The first-order valence-electron chi connectivity index (χ1n) is 6.24. The van der Waals surface area contributed by atoms with E-state index in [2.05, 4.69) is 5.32 Å². The van der Waals surface area contributed by atoms with Crippen LogP contribution >= 0.6 is 0 Å². The summed E-state index contributed by atoms with van der Waals surface area (Å²) in [4.78, 5) is 23.0. The summed E-state index contributed by atoms with van der Waals surface area (Å²) < 4.78 is 0. The summed E-state index contributed by atoms with van der Waals surface area (Å²) in [7, 11) is 0. The molecule has 1 aromatic carbocycles. The normalized spacial score (nSPS) is 11.2. The van der Waals surface area contributed by atoms with Crippen molar-refractivity contribution in [2.45, 2.75) is 41.0 Å². The van der Waals surface area contributed by atoms with Crippen LogP contribution in [-0.4, -0.2) is 17.0 Å². The molecule has 0 aliphatic carbocycles. The molecule has 0 heterocycles. The van der Waals surface area contributed by atoms with E-state index < -0.39 is 5.97 Å². The largest absolute Gasteiger partial charge is 0.478 e. The fourth-order valence-corrected chi connectivity index (χ4v) is 1.84. The Balaban J connectivity index is 2.97. The second kappa shape index (κ2) is 5.43. The lowest BCUT2D eigenvalue weighted by molar-refractivity contribution is -0.117. The molecule has 0 aromatic heterocycles. The average Bonchev–Trinajstić information content (AvgIpc) is 2.19. The van der Waals surface area contributed by atoms with Crippen LogP contribution in [0.4, 0.5) is 5.69 Å². The van der Waals surface area contributed by atoms with Gasteiger partial charge in [0.25, 0.3) is 0 Å². The highest BCUT2D eigenvalue weighted by molar-refractivity contribution is 5.95. The smallest absolute Gasteiger partial charge is 0.336 e. The van der Waals surface area contributed by atoms with Gasteiger partial charge in [0.15, 0.2) is 0 Å². The number of rotatable bonds is 3. The summed E-state index contributed by atoms with van der Waals surface area (Å²) in [5, 5.41) is 11.9. The summed E-state index contributed by atoms with van der Waals surface area (Å²) in [6.07, 6.45) is 0.391. The van der Waals surface area contributed by atoms with Crippen molar-refractivity contribution in [1.82, 2.24) is 0 Å². The number of carbonyl (C=O) groups is 2. The molecule has 0 bridgehead atoms. The number of aryl methyl sites for hydroxylation is 1. The highest BCUT2D eigenvalue weighted by atomic mass is 16.4. The van der Waals surface area contributed by atoms with E-state index in [0.29, 0.717) is 12.1 Å². The molecule has 0 atom stereocenters. The van der Waals surface area contributed by atoms with E-state index >= 15 is 0 Å². The van der Waals surface area contributed by atoms with Gasteiger partial charge in [-0.05, 0) is 42.5 Å². The molecule has 0 saturated carbocycles. The third-order valence-electron chi connectivity index (χ3n) is 2.87. The number of anilines is 1. The molecule has 1 rings (SSSR count). The Morgan fingerprint density at radius 3 is 2.26 bits per heavy atom. The molecule has 0 unspecified atom stereocenters. The topological polar surface area (TPSA) is 66.4 Å². The standard InChI is InChI=1S/C15H21NO3/c1-9-6-11(7-12(10(9)2)14(18)19)16-13(17)8-15(3,4)5/h6-7H,8H2,1-5H3,(H,16,17)(H,18,19). The van der Waals surface area contributed by atoms with E-state index in [-0.39, 0.29) is 16.9 Å². The van der Waals surface area contributed by atoms with Crippen LogP contribution in [-0.2, 0) is 4.79 Å². The lowest BCUT2D eigenvalue weighted by Crippen LogP contribution is -2.20. The first kappa shape index (κ1) is 15.2. The summed E-state index contributed by atoms with van der Waals surface area (Å²) >= 11 is 0. The first-order valence-corrected chi connectivity index (χ1v) is 6.24. The van der Waals surface area contributed by atoms with Crippen molar-refractivity contribution in [3.05, 3.63) is 28.8 Å². The molecule has 1 amide bonds. The Morgan fingerprint density at radius 1 is 1.21 bits per heavy atom. The molecule has 2 N–H and O–H groups in total. The maximum Gasteiger partial charge on any atom is 0.336 e. The average molecular weight is 263 g/mol. The Labute approximate surface area is 113 Å². The van der Waals surface area contributed by atoms with Crippen LogP contribution in [0.3, 0.4) is 0 Å². The van der Waals surface area contributed by atoms with Crippen LogP contribution in [0.1, 0.15) is 48.7 Å². The van der Waals surface area contributed by atoms with Gasteiger partial charge in [-0.25, -0.2) is 4.79 Å². The van der Waals surface area contributed by atoms with Crippen LogP contribution in [0.15, 0.2) is 12.1 Å². The monoisotopic (exact) mass is 263 g/mol. The van der Waals surface area contributed by atoms with Gasteiger partial charge in [0.2, 0.25) is 5.91 Å². The van der Waals surface area contributed by atoms with Gasteiger partial charge < -0.3 is 10.4 Å². The third-order valence-corrected chi connectivity index (χ3v) is 2.87. The van der Waals surface area contributed by atoms with Gasteiger partial charge in [-0.1, -0.05) is 20.8 Å². The van der Waals surface area contributed by atoms with Crippen molar-refractivity contribution in [2.24, 2.45) is 5.41 Å². The van der Waals surface area contributed by atoms with Crippen LogP contribution in [0, 0.1) is 19.3 Å². The van der Waals surface area contributed by atoms with Gasteiger partial charge in [0.1, 0.15) is 0 Å². The number of carboxylic acids is 1. The molecule has 4 nitrogen and oxygen atoms in total. The van der Waals surface area contributed by atoms with Gasteiger partial charge in [-0.15, -0.1) is 0 Å². The van der Waals surface area contributed by atoms with Crippen LogP contribution in [0.5, 0.6) is 0 Å². The van der Waals surface area contributed by atoms with Gasteiger partial charge in [-0.2, -0.15) is 0 Å². The van der Waals surface area contributed by atoms with Crippen molar-refractivity contribution in [2.75, 3.05) is 5.32 Å². The minimum atomic E-state index is -0.979. The van der Waals surface area contributed by atoms with Gasteiger partial charge in [0, 0.05) is 12.1 Å². The van der Waals surface area contributed by atoms with E-state index in [1.807, 2.05) is 27.7 Å². The molecule has 19 heavy (non-hydrogen) atoms. The van der Waals surface area contributed by atoms with Crippen LogP contribution in [0.25, 0.3) is 0 Å². The Hall–Kier alpha value is -1.84. The number of benzene rings is 1. The van der Waals surface area contributed by atoms with Crippen molar-refractivity contribution in [3.8, 4) is 0 Å². The molecule has 0 fully saturated rings. The predicted molar refractivity (Wildman–Crippen MR) is 75.6 cm³/mol. The summed E-state index contributed by atoms with van der Waals surface area (Å²) in [6.45, 7) is 9.54. The van der Waals surface area contributed by atoms with E-state index in [9.17, 15) is 9.59 Å². The highest BCUT2D eigenvalue weighted by Gasteiger charge is 2.17. The maximum absolute atomic E-state index is 11.8. The van der Waals surface area contributed by atoms with Gasteiger partial charge >= 0.3 is 5.97 Å². The number of aromatic carboxylic acids is 1. The molecule has 1 aromatic rings. The number of hydrogen-bond donors (Lipinski definition) is 2. The minimum absolute atomic E-state index is 0.0978. The van der Waals surface area contributed by atoms with Crippen LogP contribution in [0.2, 0.25) is 0 Å². The molecule has 4 heteroatoms. The molecule has 0 aliphatic rings. The molecule has 0 saturated heterocycles. The second-order valence-corrected chi connectivity index (χ2v) is 6.06. The van der Waals surface area contributed by atoms with E-state index in [1.54, 1.807) is 13.0 Å². The Bertz CT molecular complexity index is 513. The van der Waals surface area contributed by atoms with E-state index in [4.69, 9.17) is 5.11 Å². The fourth-order valence-electron chi connectivity index (χ4n) is 1.84. The van der Waals surface area contributed by atoms with Crippen LogP contribution < -0.4 is 5.32 Å². The van der Waals surface area contributed by atoms with Crippen molar-refractivity contribution >= 4 is 17.6 Å². The Morgan fingerprint density at radius 2 is 1.79 bits per heavy atom. The fraction of sp³-hybridized carbons (Fsp3) is 0.467. The molecular formula is C15H21NO3. The van der Waals surface area contributed by atoms with Crippen molar-refractivity contribution in [3.63, 3.8) is 0 Å².